The number of pyridine rings is 1. The van der Waals surface area contributed by atoms with Gasteiger partial charge in [-0.05, 0) is 61.4 Å². The zero-order valence-electron chi connectivity index (χ0n) is 17.1. The van der Waals surface area contributed by atoms with Crippen LogP contribution in [0.1, 0.15) is 23.2 Å². The molecule has 172 valence electrons. The summed E-state index contributed by atoms with van der Waals surface area (Å²) in [5.41, 5.74) is 5.70. The summed E-state index contributed by atoms with van der Waals surface area (Å²) < 4.78 is 60.2. The van der Waals surface area contributed by atoms with Crippen molar-refractivity contribution in [1.82, 2.24) is 9.71 Å². The molecule has 1 heterocycles. The second-order valence-corrected chi connectivity index (χ2v) is 10.7. The number of nitrogens with one attached hydrogen (secondary N) is 2. The molecule has 0 atom stereocenters. The maximum absolute atomic E-state index is 12.6. The number of amides is 1. The third-order valence-electron chi connectivity index (χ3n) is 4.67. The largest absolute Gasteiger partial charge is 0.439 e. The summed E-state index contributed by atoms with van der Waals surface area (Å²) in [6.45, 7) is 0. The van der Waals surface area contributed by atoms with Crippen LogP contribution in [-0.4, -0.2) is 33.8 Å². The molecule has 1 aromatic heterocycles. The van der Waals surface area contributed by atoms with Gasteiger partial charge in [-0.2, -0.15) is 0 Å². The monoisotopic (exact) mass is 488 g/mol. The van der Waals surface area contributed by atoms with E-state index in [2.05, 4.69) is 14.4 Å². The lowest BCUT2D eigenvalue weighted by atomic mass is 10.2. The molecule has 2 aromatic carbocycles. The van der Waals surface area contributed by atoms with Gasteiger partial charge in [0.25, 0.3) is 10.0 Å². The van der Waals surface area contributed by atoms with Crippen molar-refractivity contribution in [2.24, 2.45) is 5.73 Å². The van der Waals surface area contributed by atoms with E-state index in [4.69, 9.17) is 10.5 Å². The average Bonchev–Trinajstić information content (AvgIpc) is 3.58. The molecular formula is C21H20N4O6S2. The topological polar surface area (TPSA) is 158 Å². The summed E-state index contributed by atoms with van der Waals surface area (Å²) in [4.78, 5) is 15.2. The summed E-state index contributed by atoms with van der Waals surface area (Å²) in [5.74, 6) is -0.0707. The lowest BCUT2D eigenvalue weighted by Crippen LogP contribution is -2.25. The third kappa shape index (κ3) is 5.66. The summed E-state index contributed by atoms with van der Waals surface area (Å²) in [6.07, 6.45) is 2.86. The van der Waals surface area contributed by atoms with Crippen molar-refractivity contribution in [2.45, 2.75) is 28.7 Å². The van der Waals surface area contributed by atoms with Crippen LogP contribution >= 0.6 is 0 Å². The van der Waals surface area contributed by atoms with Gasteiger partial charge in [-0.3, -0.25) is 9.52 Å². The number of sulfonamides is 2. The molecule has 4 N–H and O–H groups in total. The van der Waals surface area contributed by atoms with Gasteiger partial charge in [0.2, 0.25) is 21.8 Å². The Balaban J connectivity index is 1.43. The standard InChI is InChI=1S/C21H20N4O6S2/c22-21(26)14-2-1-3-17(12-14)31-20-11-6-16(13-23-20)25-33(29,30)19-9-7-18(8-10-19)32(27,28)24-15-4-5-15/h1-3,6-13,15,24-25H,4-5H2,(H2,22,26). The van der Waals surface area contributed by atoms with Gasteiger partial charge in [-0.1, -0.05) is 6.07 Å². The van der Waals surface area contributed by atoms with E-state index in [9.17, 15) is 21.6 Å². The van der Waals surface area contributed by atoms with Crippen molar-refractivity contribution in [3.05, 3.63) is 72.4 Å². The fourth-order valence-electron chi connectivity index (χ4n) is 2.84. The number of carbonyl (C=O) groups excluding carboxylic acids is 1. The molecule has 4 rings (SSSR count). The summed E-state index contributed by atoms with van der Waals surface area (Å²) in [7, 11) is -7.64. The molecule has 0 radical (unpaired) electrons. The molecule has 1 aliphatic carbocycles. The van der Waals surface area contributed by atoms with Gasteiger partial charge in [-0.25, -0.2) is 26.5 Å². The molecule has 1 aliphatic rings. The van der Waals surface area contributed by atoms with E-state index in [1.165, 1.54) is 48.7 Å². The SMILES string of the molecule is NC(=O)c1cccc(Oc2ccc(NS(=O)(=O)c3ccc(S(=O)(=O)NC4CC4)cc3)cn2)c1. The Bertz CT molecular complexity index is 1390. The Kier molecular flexibility index (Phi) is 6.06. The first-order chi connectivity index (χ1) is 15.6. The van der Waals surface area contributed by atoms with Crippen molar-refractivity contribution in [2.75, 3.05) is 4.72 Å². The van der Waals surface area contributed by atoms with Crippen LogP contribution in [0.5, 0.6) is 11.6 Å². The predicted octanol–water partition coefficient (Wildman–Crippen LogP) is 2.21. The van der Waals surface area contributed by atoms with E-state index in [0.29, 0.717) is 5.75 Å². The number of aromatic nitrogens is 1. The highest BCUT2D eigenvalue weighted by Gasteiger charge is 2.28. The minimum absolute atomic E-state index is 0.00285. The number of rotatable bonds is 9. The first kappa shape index (κ1) is 22.7. The van der Waals surface area contributed by atoms with Crippen molar-refractivity contribution in [3.8, 4) is 11.6 Å². The minimum Gasteiger partial charge on any atom is -0.439 e. The Morgan fingerprint density at radius 3 is 2.18 bits per heavy atom. The zero-order valence-corrected chi connectivity index (χ0v) is 18.8. The van der Waals surface area contributed by atoms with Crippen LogP contribution < -0.4 is 19.9 Å². The van der Waals surface area contributed by atoms with Crippen LogP contribution in [0.3, 0.4) is 0 Å². The van der Waals surface area contributed by atoms with Crippen molar-refractivity contribution >= 4 is 31.6 Å². The number of primary amides is 1. The fourth-order valence-corrected chi connectivity index (χ4v) is 5.18. The number of hydrogen-bond acceptors (Lipinski definition) is 7. The van der Waals surface area contributed by atoms with Crippen molar-refractivity contribution in [3.63, 3.8) is 0 Å². The zero-order chi connectivity index (χ0) is 23.6. The van der Waals surface area contributed by atoms with Gasteiger partial charge in [0.05, 0.1) is 21.7 Å². The smallest absolute Gasteiger partial charge is 0.261 e. The highest BCUT2D eigenvalue weighted by molar-refractivity contribution is 7.92. The fraction of sp³-hybridized carbons (Fsp3) is 0.143. The number of benzene rings is 2. The second-order valence-electron chi connectivity index (χ2n) is 7.35. The van der Waals surface area contributed by atoms with E-state index >= 15 is 0 Å². The van der Waals surface area contributed by atoms with Crippen LogP contribution in [0.25, 0.3) is 0 Å². The summed E-state index contributed by atoms with van der Waals surface area (Å²) in [6, 6.07) is 14.0. The van der Waals surface area contributed by atoms with E-state index in [0.717, 1.165) is 12.8 Å². The van der Waals surface area contributed by atoms with E-state index in [-0.39, 0.29) is 33.0 Å². The number of carbonyl (C=O) groups is 1. The number of nitrogens with zero attached hydrogens (tertiary/aromatic N) is 1. The third-order valence-corrected chi connectivity index (χ3v) is 7.61. The molecule has 12 heteroatoms. The van der Waals surface area contributed by atoms with Gasteiger partial charge in [0, 0.05) is 17.7 Å². The molecular weight excluding hydrogens is 468 g/mol. The van der Waals surface area contributed by atoms with Gasteiger partial charge >= 0.3 is 0 Å². The molecule has 3 aromatic rings. The lowest BCUT2D eigenvalue weighted by molar-refractivity contribution is 0.1000. The van der Waals surface area contributed by atoms with Crippen LogP contribution in [0, 0.1) is 0 Å². The first-order valence-electron chi connectivity index (χ1n) is 9.81. The normalized spacial score (nSPS) is 13.9. The van der Waals surface area contributed by atoms with Crippen LogP contribution in [0.2, 0.25) is 0 Å². The quantitative estimate of drug-likeness (QED) is 0.417. The van der Waals surface area contributed by atoms with Gasteiger partial charge < -0.3 is 10.5 Å². The average molecular weight is 489 g/mol. The van der Waals surface area contributed by atoms with Gasteiger partial charge in [0.1, 0.15) is 5.75 Å². The van der Waals surface area contributed by atoms with Crippen LogP contribution in [0.15, 0.2) is 76.7 Å². The molecule has 0 aliphatic heterocycles. The van der Waals surface area contributed by atoms with Crippen LogP contribution in [-0.2, 0) is 20.0 Å². The number of nitrogens with two attached hydrogens (primary N) is 1. The Labute approximate surface area is 190 Å². The van der Waals surface area contributed by atoms with Gasteiger partial charge in [0.15, 0.2) is 0 Å². The van der Waals surface area contributed by atoms with Crippen molar-refractivity contribution in [1.29, 1.82) is 0 Å². The molecule has 0 unspecified atom stereocenters. The lowest BCUT2D eigenvalue weighted by Gasteiger charge is -2.10. The van der Waals surface area contributed by atoms with E-state index in [1.807, 2.05) is 0 Å². The Hall–Kier alpha value is -3.48. The molecule has 10 nitrogen and oxygen atoms in total. The van der Waals surface area contributed by atoms with Gasteiger partial charge in [-0.15, -0.1) is 0 Å². The molecule has 1 fully saturated rings. The Morgan fingerprint density at radius 2 is 1.61 bits per heavy atom. The Morgan fingerprint density at radius 1 is 0.939 bits per heavy atom. The number of hydrogen-bond donors (Lipinski definition) is 3. The predicted molar refractivity (Wildman–Crippen MR) is 120 cm³/mol. The number of ether oxygens (including phenoxy) is 1. The molecule has 0 saturated heterocycles. The van der Waals surface area contributed by atoms with E-state index < -0.39 is 26.0 Å². The molecule has 1 amide bonds. The summed E-state index contributed by atoms with van der Waals surface area (Å²) >= 11 is 0. The van der Waals surface area contributed by atoms with E-state index in [1.54, 1.807) is 18.2 Å². The molecule has 1 saturated carbocycles. The number of anilines is 1. The molecule has 0 bridgehead atoms. The second kappa shape index (κ2) is 8.81. The maximum atomic E-state index is 12.6. The van der Waals surface area contributed by atoms with Crippen LogP contribution in [0.4, 0.5) is 5.69 Å². The minimum atomic E-state index is -3.97. The first-order valence-corrected chi connectivity index (χ1v) is 12.8. The highest BCUT2D eigenvalue weighted by atomic mass is 32.2. The molecule has 33 heavy (non-hydrogen) atoms. The molecule has 0 spiro atoms. The highest BCUT2D eigenvalue weighted by Crippen LogP contribution is 2.24. The maximum Gasteiger partial charge on any atom is 0.261 e. The summed E-state index contributed by atoms with van der Waals surface area (Å²) in [5, 5.41) is 0. The van der Waals surface area contributed by atoms with Crippen molar-refractivity contribution < 1.29 is 26.4 Å².